The van der Waals surface area contributed by atoms with Crippen molar-refractivity contribution in [2.24, 2.45) is 5.92 Å². The minimum Gasteiger partial charge on any atom is -0.464 e. The lowest BCUT2D eigenvalue weighted by Gasteiger charge is -2.22. The van der Waals surface area contributed by atoms with Crippen LogP contribution < -0.4 is 5.32 Å². The molecule has 0 saturated carbocycles. The van der Waals surface area contributed by atoms with Crippen LogP contribution >= 0.6 is 0 Å². The zero-order chi connectivity index (χ0) is 19.6. The summed E-state index contributed by atoms with van der Waals surface area (Å²) in [7, 11) is 1.53. The number of esters is 1. The highest BCUT2D eigenvalue weighted by atomic mass is 16.6. The number of amides is 1. The van der Waals surface area contributed by atoms with Crippen molar-refractivity contribution in [2.45, 2.75) is 84.6 Å². The molecule has 26 heavy (non-hydrogen) atoms. The monoisotopic (exact) mass is 373 g/mol. The molecule has 6 heteroatoms. The Morgan fingerprint density at radius 3 is 2.04 bits per heavy atom. The first-order chi connectivity index (χ1) is 12.6. The molecule has 1 N–H and O–H groups in total. The Morgan fingerprint density at radius 2 is 1.46 bits per heavy atom. The van der Waals surface area contributed by atoms with Gasteiger partial charge in [0.25, 0.3) is 0 Å². The molecule has 0 saturated heterocycles. The van der Waals surface area contributed by atoms with Gasteiger partial charge in [-0.05, 0) is 12.3 Å². The Bertz CT molecular complexity index is 362. The van der Waals surface area contributed by atoms with E-state index in [1.165, 1.54) is 45.6 Å². The summed E-state index contributed by atoms with van der Waals surface area (Å²) in [5, 5.41) is 2.62. The molecule has 0 spiro atoms. The summed E-state index contributed by atoms with van der Waals surface area (Å²) in [4.78, 5) is 24.1. The van der Waals surface area contributed by atoms with E-state index in [1.54, 1.807) is 0 Å². The van der Waals surface area contributed by atoms with Crippen molar-refractivity contribution in [3.05, 3.63) is 0 Å². The fraction of sp³-hybridized carbons (Fsp3) is 0.900. The number of methoxy groups -OCH3 is 1. The van der Waals surface area contributed by atoms with Gasteiger partial charge in [0.1, 0.15) is 12.6 Å². The molecular formula is C20H39NO5. The molecule has 6 nitrogen and oxygen atoms in total. The smallest absolute Gasteiger partial charge is 0.407 e. The molecule has 0 bridgehead atoms. The first-order valence-corrected chi connectivity index (χ1v) is 10.2. The van der Waals surface area contributed by atoms with Gasteiger partial charge in [-0.15, -0.1) is 0 Å². The third-order valence-electron chi connectivity index (χ3n) is 4.50. The minimum atomic E-state index is -0.677. The van der Waals surface area contributed by atoms with Gasteiger partial charge in [-0.25, -0.2) is 9.59 Å². The number of ether oxygens (including phenoxy) is 3. The van der Waals surface area contributed by atoms with Gasteiger partial charge in [0.2, 0.25) is 0 Å². The average molecular weight is 374 g/mol. The second kappa shape index (κ2) is 17.1. The lowest BCUT2D eigenvalue weighted by molar-refractivity contribution is -0.147. The van der Waals surface area contributed by atoms with Crippen LogP contribution in [0, 0.1) is 5.92 Å². The lowest BCUT2D eigenvalue weighted by atomic mass is 9.99. The SMILES string of the molecule is CCCCCCCCCCOC(=O)C(NC(=O)OCCOC)C(C)CC. The van der Waals surface area contributed by atoms with Crippen molar-refractivity contribution < 1.29 is 23.8 Å². The quantitative estimate of drug-likeness (QED) is 0.319. The van der Waals surface area contributed by atoms with Gasteiger partial charge in [0.05, 0.1) is 13.2 Å². The van der Waals surface area contributed by atoms with E-state index in [0.717, 1.165) is 19.3 Å². The van der Waals surface area contributed by atoms with Gasteiger partial charge in [-0.2, -0.15) is 0 Å². The van der Waals surface area contributed by atoms with Crippen molar-refractivity contribution in [3.8, 4) is 0 Å². The predicted molar refractivity (Wildman–Crippen MR) is 103 cm³/mol. The summed E-state index contributed by atoms with van der Waals surface area (Å²) in [6.45, 7) is 6.99. The molecule has 2 unspecified atom stereocenters. The van der Waals surface area contributed by atoms with Gasteiger partial charge in [-0.3, -0.25) is 0 Å². The standard InChI is InChI=1S/C20H39NO5/c1-5-7-8-9-10-11-12-13-14-25-19(22)18(17(3)6-2)21-20(23)26-16-15-24-4/h17-18H,5-16H2,1-4H3,(H,21,23). The first-order valence-electron chi connectivity index (χ1n) is 10.2. The molecule has 0 heterocycles. The molecule has 0 radical (unpaired) electrons. The van der Waals surface area contributed by atoms with Crippen LogP contribution in [-0.2, 0) is 19.0 Å². The average Bonchev–Trinajstić information content (AvgIpc) is 2.64. The van der Waals surface area contributed by atoms with E-state index >= 15 is 0 Å². The summed E-state index contributed by atoms with van der Waals surface area (Å²) < 4.78 is 15.2. The molecule has 0 aliphatic heterocycles. The summed E-state index contributed by atoms with van der Waals surface area (Å²) in [5.41, 5.74) is 0. The predicted octanol–water partition coefficient (Wildman–Crippen LogP) is 4.46. The van der Waals surface area contributed by atoms with Crippen molar-refractivity contribution in [3.63, 3.8) is 0 Å². The van der Waals surface area contributed by atoms with E-state index in [-0.39, 0.29) is 18.5 Å². The number of hydrogen-bond acceptors (Lipinski definition) is 5. The van der Waals surface area contributed by atoms with Crippen LogP contribution in [0.4, 0.5) is 4.79 Å². The van der Waals surface area contributed by atoms with Gasteiger partial charge in [-0.1, -0.05) is 72.1 Å². The molecule has 0 aromatic carbocycles. The Balaban J connectivity index is 4.02. The summed E-state index contributed by atoms with van der Waals surface area (Å²) >= 11 is 0. The van der Waals surface area contributed by atoms with Crippen molar-refractivity contribution >= 4 is 12.1 Å². The molecule has 0 aliphatic rings. The zero-order valence-electron chi connectivity index (χ0n) is 17.2. The lowest BCUT2D eigenvalue weighted by Crippen LogP contribution is -2.46. The van der Waals surface area contributed by atoms with Gasteiger partial charge in [0, 0.05) is 7.11 Å². The number of rotatable bonds is 16. The number of nitrogens with one attached hydrogen (secondary N) is 1. The molecule has 0 aromatic rings. The van der Waals surface area contributed by atoms with Crippen LogP contribution in [0.2, 0.25) is 0 Å². The van der Waals surface area contributed by atoms with Gasteiger partial charge < -0.3 is 19.5 Å². The maximum atomic E-state index is 12.3. The molecule has 0 aromatic heterocycles. The normalized spacial score (nSPS) is 13.1. The Kier molecular flexibility index (Phi) is 16.3. The number of carbonyl (C=O) groups is 2. The summed E-state index contributed by atoms with van der Waals surface area (Å²) in [6, 6.07) is -0.677. The molecule has 154 valence electrons. The Labute approximate surface area is 159 Å². The molecule has 2 atom stereocenters. The van der Waals surface area contributed by atoms with Crippen LogP contribution in [0.5, 0.6) is 0 Å². The number of carbonyl (C=O) groups excluding carboxylic acids is 2. The van der Waals surface area contributed by atoms with E-state index < -0.39 is 12.1 Å². The van der Waals surface area contributed by atoms with Crippen LogP contribution in [0.15, 0.2) is 0 Å². The van der Waals surface area contributed by atoms with E-state index in [4.69, 9.17) is 14.2 Å². The third-order valence-corrected chi connectivity index (χ3v) is 4.50. The zero-order valence-corrected chi connectivity index (χ0v) is 17.2. The van der Waals surface area contributed by atoms with Crippen molar-refractivity contribution in [1.29, 1.82) is 0 Å². The second-order valence-corrected chi connectivity index (χ2v) is 6.78. The topological polar surface area (TPSA) is 73.9 Å². The highest BCUT2D eigenvalue weighted by molar-refractivity contribution is 5.81. The highest BCUT2D eigenvalue weighted by Gasteiger charge is 2.27. The fourth-order valence-corrected chi connectivity index (χ4v) is 2.55. The van der Waals surface area contributed by atoms with E-state index in [1.807, 2.05) is 13.8 Å². The number of alkyl carbamates (subject to hydrolysis) is 1. The van der Waals surface area contributed by atoms with Crippen LogP contribution in [0.25, 0.3) is 0 Å². The molecule has 1 amide bonds. The van der Waals surface area contributed by atoms with Crippen LogP contribution in [-0.4, -0.2) is 45.0 Å². The third kappa shape index (κ3) is 13.0. The van der Waals surface area contributed by atoms with E-state index in [9.17, 15) is 9.59 Å². The largest absolute Gasteiger partial charge is 0.464 e. The van der Waals surface area contributed by atoms with Crippen LogP contribution in [0.1, 0.15) is 78.6 Å². The molecule has 0 fully saturated rings. The Morgan fingerprint density at radius 1 is 0.846 bits per heavy atom. The maximum Gasteiger partial charge on any atom is 0.407 e. The van der Waals surface area contributed by atoms with Crippen molar-refractivity contribution in [2.75, 3.05) is 26.9 Å². The second-order valence-electron chi connectivity index (χ2n) is 6.78. The van der Waals surface area contributed by atoms with Gasteiger partial charge in [0.15, 0.2) is 0 Å². The molecule has 0 aliphatic carbocycles. The summed E-state index contributed by atoms with van der Waals surface area (Å²) in [6.07, 6.45) is 9.69. The molecular weight excluding hydrogens is 334 g/mol. The number of unbranched alkanes of at least 4 members (excludes halogenated alkanes) is 7. The fourth-order valence-electron chi connectivity index (χ4n) is 2.55. The highest BCUT2D eigenvalue weighted by Crippen LogP contribution is 2.11. The van der Waals surface area contributed by atoms with E-state index in [2.05, 4.69) is 12.2 Å². The van der Waals surface area contributed by atoms with Crippen LogP contribution in [0.3, 0.4) is 0 Å². The summed E-state index contributed by atoms with van der Waals surface area (Å²) in [5.74, 6) is -0.401. The molecule has 0 rings (SSSR count). The minimum absolute atomic E-state index is 0.0176. The Hall–Kier alpha value is -1.30. The number of hydrogen-bond donors (Lipinski definition) is 1. The van der Waals surface area contributed by atoms with E-state index in [0.29, 0.717) is 13.2 Å². The first kappa shape index (κ1) is 24.7. The maximum absolute atomic E-state index is 12.3. The van der Waals surface area contributed by atoms with Gasteiger partial charge >= 0.3 is 12.1 Å². The van der Waals surface area contributed by atoms with Crippen molar-refractivity contribution in [1.82, 2.24) is 5.32 Å².